The van der Waals surface area contributed by atoms with Crippen LogP contribution in [0.3, 0.4) is 0 Å². The standard InChI is InChI=1S/C15H32O2/c1-5-6-7-8-12-15(16,17)13-10-9-11-14(2,3)4/h16-17H,5-13H2,1-4H3. The van der Waals surface area contributed by atoms with Crippen molar-refractivity contribution < 1.29 is 10.2 Å². The van der Waals surface area contributed by atoms with E-state index in [0.717, 1.165) is 32.1 Å². The molecule has 0 aromatic heterocycles. The number of rotatable bonds is 9. The lowest BCUT2D eigenvalue weighted by molar-refractivity contribution is -0.172. The predicted molar refractivity (Wildman–Crippen MR) is 73.9 cm³/mol. The maximum atomic E-state index is 9.80. The lowest BCUT2D eigenvalue weighted by Gasteiger charge is -2.23. The van der Waals surface area contributed by atoms with E-state index in [-0.39, 0.29) is 0 Å². The van der Waals surface area contributed by atoms with Gasteiger partial charge < -0.3 is 10.2 Å². The molecule has 0 radical (unpaired) electrons. The van der Waals surface area contributed by atoms with Crippen molar-refractivity contribution in [2.75, 3.05) is 0 Å². The van der Waals surface area contributed by atoms with E-state index in [0.29, 0.717) is 18.3 Å². The molecule has 2 N–H and O–H groups in total. The van der Waals surface area contributed by atoms with E-state index in [1.165, 1.54) is 12.8 Å². The molecule has 0 saturated heterocycles. The van der Waals surface area contributed by atoms with Crippen LogP contribution in [0.2, 0.25) is 0 Å². The summed E-state index contributed by atoms with van der Waals surface area (Å²) in [5, 5.41) is 19.6. The number of hydrogen-bond acceptors (Lipinski definition) is 2. The Morgan fingerprint density at radius 1 is 0.706 bits per heavy atom. The normalized spacial score (nSPS) is 13.1. The quantitative estimate of drug-likeness (QED) is 0.470. The highest BCUT2D eigenvalue weighted by Gasteiger charge is 2.21. The number of aliphatic hydroxyl groups is 2. The van der Waals surface area contributed by atoms with Gasteiger partial charge in [-0.05, 0) is 24.7 Å². The van der Waals surface area contributed by atoms with Crippen molar-refractivity contribution in [1.82, 2.24) is 0 Å². The average molecular weight is 244 g/mol. The first-order chi connectivity index (χ1) is 7.77. The van der Waals surface area contributed by atoms with Gasteiger partial charge in [-0.25, -0.2) is 0 Å². The van der Waals surface area contributed by atoms with Gasteiger partial charge in [-0.3, -0.25) is 0 Å². The molecule has 0 heterocycles. The Labute approximate surface area is 107 Å². The van der Waals surface area contributed by atoms with Gasteiger partial charge in [0, 0.05) is 12.8 Å². The van der Waals surface area contributed by atoms with Crippen LogP contribution in [0.5, 0.6) is 0 Å². The van der Waals surface area contributed by atoms with Crippen molar-refractivity contribution >= 4 is 0 Å². The van der Waals surface area contributed by atoms with Crippen molar-refractivity contribution in [2.24, 2.45) is 5.41 Å². The summed E-state index contributed by atoms with van der Waals surface area (Å²) in [6.07, 6.45) is 8.63. The second-order valence-corrected chi connectivity index (χ2v) is 6.56. The van der Waals surface area contributed by atoms with Crippen LogP contribution in [0.15, 0.2) is 0 Å². The third-order valence-corrected chi connectivity index (χ3v) is 3.18. The molecule has 0 atom stereocenters. The Morgan fingerprint density at radius 2 is 1.18 bits per heavy atom. The Morgan fingerprint density at radius 3 is 1.65 bits per heavy atom. The van der Waals surface area contributed by atoms with Gasteiger partial charge in [0.25, 0.3) is 0 Å². The number of hydrogen-bond donors (Lipinski definition) is 2. The van der Waals surface area contributed by atoms with Crippen molar-refractivity contribution in [3.63, 3.8) is 0 Å². The largest absolute Gasteiger partial charge is 0.366 e. The minimum absolute atomic E-state index is 0.356. The molecule has 17 heavy (non-hydrogen) atoms. The summed E-state index contributed by atoms with van der Waals surface area (Å²) in [4.78, 5) is 0. The molecule has 0 rings (SSSR count). The van der Waals surface area contributed by atoms with Gasteiger partial charge in [-0.2, -0.15) is 0 Å². The smallest absolute Gasteiger partial charge is 0.162 e. The molecule has 2 heteroatoms. The molecule has 0 saturated carbocycles. The summed E-state index contributed by atoms with van der Waals surface area (Å²) in [7, 11) is 0. The first-order valence-electron chi connectivity index (χ1n) is 7.21. The summed E-state index contributed by atoms with van der Waals surface area (Å²) in [5.74, 6) is -1.42. The SMILES string of the molecule is CCCCCCC(O)(O)CCCCC(C)(C)C. The molecule has 0 aliphatic heterocycles. The van der Waals surface area contributed by atoms with Crippen molar-refractivity contribution in [1.29, 1.82) is 0 Å². The van der Waals surface area contributed by atoms with Crippen LogP contribution in [-0.2, 0) is 0 Å². The van der Waals surface area contributed by atoms with Crippen molar-refractivity contribution in [3.8, 4) is 0 Å². The van der Waals surface area contributed by atoms with Crippen molar-refractivity contribution in [2.45, 2.75) is 91.3 Å². The summed E-state index contributed by atoms with van der Waals surface area (Å²) in [6.45, 7) is 8.84. The van der Waals surface area contributed by atoms with Crippen LogP contribution in [0.1, 0.15) is 85.5 Å². The predicted octanol–water partition coefficient (Wildman–Crippen LogP) is 4.24. The molecule has 104 valence electrons. The van der Waals surface area contributed by atoms with Gasteiger partial charge in [-0.15, -0.1) is 0 Å². The average Bonchev–Trinajstić information content (AvgIpc) is 2.18. The van der Waals surface area contributed by atoms with Crippen molar-refractivity contribution in [3.05, 3.63) is 0 Å². The summed E-state index contributed by atoms with van der Waals surface area (Å²) in [6, 6.07) is 0. The molecule has 0 unspecified atom stereocenters. The van der Waals surface area contributed by atoms with Gasteiger partial charge in [0.1, 0.15) is 0 Å². The molecular weight excluding hydrogens is 212 g/mol. The van der Waals surface area contributed by atoms with Crippen LogP contribution in [0.4, 0.5) is 0 Å². The van der Waals surface area contributed by atoms with E-state index >= 15 is 0 Å². The topological polar surface area (TPSA) is 40.5 Å². The second-order valence-electron chi connectivity index (χ2n) is 6.56. The number of unbranched alkanes of at least 4 members (excludes halogenated alkanes) is 4. The van der Waals surface area contributed by atoms with E-state index in [9.17, 15) is 10.2 Å². The maximum Gasteiger partial charge on any atom is 0.162 e. The molecule has 2 nitrogen and oxygen atoms in total. The Kier molecular flexibility index (Phi) is 8.06. The molecule has 0 fully saturated rings. The summed E-state index contributed by atoms with van der Waals surface area (Å²) in [5.41, 5.74) is 0.356. The second kappa shape index (κ2) is 8.10. The minimum atomic E-state index is -1.42. The highest BCUT2D eigenvalue weighted by molar-refractivity contribution is 4.67. The third kappa shape index (κ3) is 12.2. The Balaban J connectivity index is 3.56. The Hall–Kier alpha value is -0.0800. The fourth-order valence-electron chi connectivity index (χ4n) is 2.02. The van der Waals surface area contributed by atoms with E-state index in [1.54, 1.807) is 0 Å². The van der Waals surface area contributed by atoms with E-state index in [2.05, 4.69) is 27.7 Å². The zero-order valence-corrected chi connectivity index (χ0v) is 12.3. The van der Waals surface area contributed by atoms with E-state index in [1.807, 2.05) is 0 Å². The zero-order valence-electron chi connectivity index (χ0n) is 12.3. The molecule has 0 aromatic carbocycles. The van der Waals surface area contributed by atoms with E-state index in [4.69, 9.17) is 0 Å². The van der Waals surface area contributed by atoms with Crippen LogP contribution in [0, 0.1) is 5.41 Å². The third-order valence-electron chi connectivity index (χ3n) is 3.18. The molecule has 0 bridgehead atoms. The van der Waals surface area contributed by atoms with Crippen LogP contribution >= 0.6 is 0 Å². The van der Waals surface area contributed by atoms with Gasteiger partial charge in [0.05, 0.1) is 0 Å². The fraction of sp³-hybridized carbons (Fsp3) is 1.00. The highest BCUT2D eigenvalue weighted by Crippen LogP contribution is 2.25. The van der Waals surface area contributed by atoms with Gasteiger partial charge >= 0.3 is 0 Å². The summed E-state index contributed by atoms with van der Waals surface area (Å²) < 4.78 is 0. The van der Waals surface area contributed by atoms with Crippen LogP contribution in [0.25, 0.3) is 0 Å². The molecule has 0 spiro atoms. The molecular formula is C15H32O2. The lowest BCUT2D eigenvalue weighted by atomic mass is 9.88. The molecule has 0 amide bonds. The summed E-state index contributed by atoms with van der Waals surface area (Å²) >= 11 is 0. The van der Waals surface area contributed by atoms with E-state index < -0.39 is 5.79 Å². The Bertz CT molecular complexity index is 180. The first kappa shape index (κ1) is 16.9. The van der Waals surface area contributed by atoms with Gasteiger partial charge in [-0.1, -0.05) is 53.4 Å². The molecule has 0 aliphatic carbocycles. The first-order valence-corrected chi connectivity index (χ1v) is 7.21. The monoisotopic (exact) mass is 244 g/mol. The van der Waals surface area contributed by atoms with Gasteiger partial charge in [0.15, 0.2) is 5.79 Å². The van der Waals surface area contributed by atoms with Gasteiger partial charge in [0.2, 0.25) is 0 Å². The zero-order chi connectivity index (χ0) is 13.4. The molecule has 0 aliphatic rings. The fourth-order valence-corrected chi connectivity index (χ4v) is 2.02. The minimum Gasteiger partial charge on any atom is -0.366 e. The highest BCUT2D eigenvalue weighted by atomic mass is 16.5. The lowest BCUT2D eigenvalue weighted by Crippen LogP contribution is -2.27. The maximum absolute atomic E-state index is 9.80. The molecule has 0 aromatic rings. The van der Waals surface area contributed by atoms with Crippen LogP contribution < -0.4 is 0 Å². The van der Waals surface area contributed by atoms with Crippen LogP contribution in [-0.4, -0.2) is 16.0 Å².